The van der Waals surface area contributed by atoms with Crippen LogP contribution in [0.2, 0.25) is 5.02 Å². The van der Waals surface area contributed by atoms with Gasteiger partial charge in [0, 0.05) is 10.8 Å². The van der Waals surface area contributed by atoms with Gasteiger partial charge >= 0.3 is 0 Å². The van der Waals surface area contributed by atoms with E-state index in [1.807, 2.05) is 43.3 Å². The molecule has 0 N–H and O–H groups in total. The van der Waals surface area contributed by atoms with Crippen molar-refractivity contribution in [3.63, 3.8) is 0 Å². The minimum absolute atomic E-state index is 0.354. The summed E-state index contributed by atoms with van der Waals surface area (Å²) in [6.07, 6.45) is 0.634. The molecule has 2 nitrogen and oxygen atoms in total. The smallest absolute Gasteiger partial charge is 0.212 e. The summed E-state index contributed by atoms with van der Waals surface area (Å²) >= 11 is 6.05. The van der Waals surface area contributed by atoms with Gasteiger partial charge in [-0.2, -0.15) is 0 Å². The lowest BCUT2D eigenvalue weighted by Crippen LogP contribution is -1.99. The molecule has 0 heterocycles. The number of benzene rings is 2. The van der Waals surface area contributed by atoms with Crippen LogP contribution in [0.5, 0.6) is 0 Å². The van der Waals surface area contributed by atoms with Gasteiger partial charge < -0.3 is 0 Å². The van der Waals surface area contributed by atoms with Gasteiger partial charge in [0.1, 0.15) is 0 Å². The molecule has 0 saturated heterocycles. The van der Waals surface area contributed by atoms with Gasteiger partial charge in [-0.15, -0.1) is 0 Å². The molecule has 0 aliphatic heterocycles. The molecule has 0 amide bonds. The van der Waals surface area contributed by atoms with Crippen LogP contribution in [-0.4, -0.2) is 14.2 Å². The summed E-state index contributed by atoms with van der Waals surface area (Å²) in [6.45, 7) is 1.93. The second-order valence-corrected chi connectivity index (χ2v) is 8.88. The van der Waals surface area contributed by atoms with E-state index in [4.69, 9.17) is 11.6 Å². The molecule has 0 unspecified atom stereocenters. The lowest BCUT2D eigenvalue weighted by Gasteiger charge is -2.05. The average molecular weight is 327 g/mol. The molecule has 0 aliphatic rings. The van der Waals surface area contributed by atoms with Crippen molar-refractivity contribution in [3.8, 4) is 0 Å². The average Bonchev–Trinajstić information content (AvgIpc) is 2.41. The maximum atomic E-state index is 12.1. The molecule has 0 radical (unpaired) electrons. The first kappa shape index (κ1) is 15.4. The van der Waals surface area contributed by atoms with E-state index in [0.29, 0.717) is 22.1 Å². The van der Waals surface area contributed by atoms with E-state index in [0.717, 1.165) is 21.9 Å². The highest BCUT2D eigenvalue weighted by Crippen LogP contribution is 2.25. The maximum Gasteiger partial charge on any atom is 0.230 e. The zero-order valence-corrected chi connectivity index (χ0v) is 13.4. The third kappa shape index (κ3) is 4.01. The molecule has 106 valence electrons. The van der Waals surface area contributed by atoms with Gasteiger partial charge in [0.15, 0.2) is 0 Å². The number of halogens is 1. The van der Waals surface area contributed by atoms with Crippen LogP contribution in [0.4, 0.5) is 0 Å². The molecule has 0 spiro atoms. The van der Waals surface area contributed by atoms with E-state index in [1.54, 1.807) is 12.1 Å². The van der Waals surface area contributed by atoms with Crippen molar-refractivity contribution in [3.05, 3.63) is 64.7 Å². The van der Waals surface area contributed by atoms with Gasteiger partial charge in [0.25, 0.3) is 0 Å². The predicted octanol–water partition coefficient (Wildman–Crippen LogP) is 4.31. The molecule has 20 heavy (non-hydrogen) atoms. The quantitative estimate of drug-likeness (QED) is 0.768. The highest BCUT2D eigenvalue weighted by atomic mass is 35.5. The highest BCUT2D eigenvalue weighted by Gasteiger charge is 2.14. The first-order valence-electron chi connectivity index (χ1n) is 6.18. The second kappa shape index (κ2) is 6.66. The summed E-state index contributed by atoms with van der Waals surface area (Å²) in [5.74, 6) is 0.486. The Balaban J connectivity index is 2.00. The Morgan fingerprint density at radius 1 is 1.05 bits per heavy atom. The Bertz CT molecular complexity index is 679. The Kier molecular flexibility index (Phi) is 5.13. The lowest BCUT2D eigenvalue weighted by molar-refractivity contribution is 0.610. The van der Waals surface area contributed by atoms with E-state index in [9.17, 15) is 8.42 Å². The van der Waals surface area contributed by atoms with E-state index in [2.05, 4.69) is 0 Å². The minimum atomic E-state index is -3.29. The molecule has 0 atom stereocenters. The van der Waals surface area contributed by atoms with Crippen molar-refractivity contribution < 1.29 is 8.42 Å². The molecule has 0 saturated carbocycles. The lowest BCUT2D eigenvalue weighted by atomic mass is 10.2. The van der Waals surface area contributed by atoms with Gasteiger partial charge in [-0.1, -0.05) is 47.5 Å². The molecule has 0 aliphatic carbocycles. The molecule has 2 aromatic rings. The maximum absolute atomic E-state index is 12.1. The van der Waals surface area contributed by atoms with Crippen LogP contribution in [0.1, 0.15) is 11.1 Å². The van der Waals surface area contributed by atoms with Crippen LogP contribution in [0.3, 0.4) is 0 Å². The summed E-state index contributed by atoms with van der Waals surface area (Å²) in [4.78, 5) is 0.354. The summed E-state index contributed by atoms with van der Waals surface area (Å²) in [5.41, 5.74) is 2.02. The number of rotatable bonds is 5. The molecular formula is C15H15ClO2S2. The van der Waals surface area contributed by atoms with E-state index in [1.165, 1.54) is 0 Å². The van der Waals surface area contributed by atoms with Crippen molar-refractivity contribution >= 4 is 31.3 Å². The zero-order chi connectivity index (χ0) is 14.6. The molecule has 2 rings (SSSR count). The topological polar surface area (TPSA) is 34.1 Å². The van der Waals surface area contributed by atoms with E-state index >= 15 is 0 Å². The van der Waals surface area contributed by atoms with E-state index < -0.39 is 8.87 Å². The fourth-order valence-electron chi connectivity index (χ4n) is 1.74. The number of aryl methyl sites for hydroxylation is 2. The van der Waals surface area contributed by atoms with Crippen molar-refractivity contribution in [1.82, 2.24) is 0 Å². The molecule has 5 heteroatoms. The Morgan fingerprint density at radius 3 is 2.35 bits per heavy atom. The second-order valence-electron chi connectivity index (χ2n) is 4.43. The predicted molar refractivity (Wildman–Crippen MR) is 86.0 cm³/mol. The zero-order valence-electron chi connectivity index (χ0n) is 11.0. The van der Waals surface area contributed by atoms with Crippen LogP contribution < -0.4 is 0 Å². The molecule has 2 aromatic carbocycles. The Hall–Kier alpha value is -0.970. The largest absolute Gasteiger partial charge is 0.230 e. The molecule has 0 bridgehead atoms. The van der Waals surface area contributed by atoms with Gasteiger partial charge in [0.2, 0.25) is 8.87 Å². The fraction of sp³-hybridized carbons (Fsp3) is 0.200. The van der Waals surface area contributed by atoms with Gasteiger partial charge in [-0.25, -0.2) is 8.42 Å². The molecule has 0 fully saturated rings. The third-order valence-electron chi connectivity index (χ3n) is 2.88. The number of hydrogen-bond donors (Lipinski definition) is 0. The summed E-state index contributed by atoms with van der Waals surface area (Å²) < 4.78 is 24.3. The van der Waals surface area contributed by atoms with Crippen molar-refractivity contribution in [2.24, 2.45) is 0 Å². The monoisotopic (exact) mass is 326 g/mol. The highest BCUT2D eigenvalue weighted by molar-refractivity contribution is 8.72. The van der Waals surface area contributed by atoms with Crippen LogP contribution in [0.25, 0.3) is 0 Å². The van der Waals surface area contributed by atoms with Gasteiger partial charge in [0.05, 0.1) is 4.90 Å². The SMILES string of the molecule is Cc1ccc(S(=O)(=O)SCCc2ccccc2Cl)cc1. The van der Waals surface area contributed by atoms with Crippen LogP contribution in [-0.2, 0) is 15.3 Å². The molecular weight excluding hydrogens is 312 g/mol. The number of hydrogen-bond acceptors (Lipinski definition) is 3. The minimum Gasteiger partial charge on any atom is -0.212 e. The Morgan fingerprint density at radius 2 is 1.70 bits per heavy atom. The first-order chi connectivity index (χ1) is 9.49. The fourth-order valence-corrected chi connectivity index (χ4v) is 4.74. The van der Waals surface area contributed by atoms with Crippen molar-refractivity contribution in [2.45, 2.75) is 18.2 Å². The van der Waals surface area contributed by atoms with Crippen LogP contribution in [0.15, 0.2) is 53.4 Å². The summed E-state index contributed by atoms with van der Waals surface area (Å²) in [6, 6.07) is 14.4. The van der Waals surface area contributed by atoms with Crippen LogP contribution in [0, 0.1) is 6.92 Å². The summed E-state index contributed by atoms with van der Waals surface area (Å²) in [7, 11) is -2.33. The standard InChI is InChI=1S/C15H15ClO2S2/c1-12-6-8-14(9-7-12)20(17,18)19-11-10-13-4-2-3-5-15(13)16/h2-9H,10-11H2,1H3. The Labute approximate surface area is 128 Å². The summed E-state index contributed by atoms with van der Waals surface area (Å²) in [5, 5.41) is 0.681. The van der Waals surface area contributed by atoms with Crippen LogP contribution >= 0.6 is 22.4 Å². The first-order valence-corrected chi connectivity index (χ1v) is 9.55. The van der Waals surface area contributed by atoms with Crippen molar-refractivity contribution in [1.29, 1.82) is 0 Å². The van der Waals surface area contributed by atoms with Gasteiger partial charge in [-0.05, 0) is 47.9 Å². The molecule has 0 aromatic heterocycles. The third-order valence-corrected chi connectivity index (χ3v) is 6.78. The normalized spacial score (nSPS) is 11.5. The van der Waals surface area contributed by atoms with E-state index in [-0.39, 0.29) is 0 Å². The van der Waals surface area contributed by atoms with Crippen molar-refractivity contribution in [2.75, 3.05) is 5.75 Å². The van der Waals surface area contributed by atoms with Gasteiger partial charge in [-0.3, -0.25) is 0 Å².